The van der Waals surface area contributed by atoms with Gasteiger partial charge in [-0.15, -0.1) is 36.2 Å². The summed E-state index contributed by atoms with van der Waals surface area (Å²) in [5.74, 6) is 0.817. The van der Waals surface area contributed by atoms with Gasteiger partial charge >= 0.3 is 0 Å². The Hall–Kier alpha value is -1.38. The number of nitrogens with one attached hydrogen (secondary N) is 1. The molecule has 0 unspecified atom stereocenters. The fourth-order valence-electron chi connectivity index (χ4n) is 2.83. The quantitative estimate of drug-likeness (QED) is 0.785. The SMILES string of the molecule is COc1ccc(-c2nc(NC(=O)CN3CCN(C)CC3)sc2C)cc1.Cl.Cl. The summed E-state index contributed by atoms with van der Waals surface area (Å²) in [5.41, 5.74) is 1.93. The Balaban J connectivity index is 0.00000182. The van der Waals surface area contributed by atoms with Crippen LogP contribution in [0.2, 0.25) is 0 Å². The fraction of sp³-hybridized carbons (Fsp3) is 0.444. The van der Waals surface area contributed by atoms with Gasteiger partial charge in [0, 0.05) is 36.6 Å². The second kappa shape index (κ2) is 10.8. The molecular weight excluding hydrogens is 407 g/mol. The Bertz CT molecular complexity index is 731. The number of carbonyl (C=O) groups excluding carboxylic acids is 1. The number of thiazole rings is 1. The smallest absolute Gasteiger partial charge is 0.240 e. The number of hydrogen-bond acceptors (Lipinski definition) is 6. The van der Waals surface area contributed by atoms with Crippen molar-refractivity contribution in [2.45, 2.75) is 6.92 Å². The number of hydrogen-bond donors (Lipinski definition) is 1. The molecule has 0 radical (unpaired) electrons. The lowest BCUT2D eigenvalue weighted by atomic mass is 10.1. The van der Waals surface area contributed by atoms with Crippen LogP contribution < -0.4 is 10.1 Å². The molecule has 2 aromatic rings. The molecule has 1 aliphatic heterocycles. The molecule has 9 heteroatoms. The molecule has 0 spiro atoms. The van der Waals surface area contributed by atoms with E-state index in [1.54, 1.807) is 7.11 Å². The Morgan fingerprint density at radius 2 is 1.81 bits per heavy atom. The maximum Gasteiger partial charge on any atom is 0.240 e. The van der Waals surface area contributed by atoms with Crippen molar-refractivity contribution in [3.8, 4) is 17.0 Å². The lowest BCUT2D eigenvalue weighted by molar-refractivity contribution is -0.117. The van der Waals surface area contributed by atoms with Gasteiger partial charge in [0.2, 0.25) is 5.91 Å². The number of nitrogens with zero attached hydrogens (tertiary/aromatic N) is 3. The first-order valence-corrected chi connectivity index (χ1v) is 9.19. The van der Waals surface area contributed by atoms with E-state index in [1.807, 2.05) is 31.2 Å². The largest absolute Gasteiger partial charge is 0.497 e. The van der Waals surface area contributed by atoms with Crippen LogP contribution in [0.4, 0.5) is 5.13 Å². The van der Waals surface area contributed by atoms with E-state index in [0.717, 1.165) is 48.1 Å². The average Bonchev–Trinajstić information content (AvgIpc) is 2.97. The van der Waals surface area contributed by atoms with Crippen molar-refractivity contribution in [3.63, 3.8) is 0 Å². The van der Waals surface area contributed by atoms with Crippen molar-refractivity contribution >= 4 is 47.2 Å². The van der Waals surface area contributed by atoms with Gasteiger partial charge in [-0.2, -0.15) is 0 Å². The van der Waals surface area contributed by atoms with E-state index in [2.05, 4.69) is 27.1 Å². The van der Waals surface area contributed by atoms with Gasteiger partial charge in [0.1, 0.15) is 5.75 Å². The van der Waals surface area contributed by atoms with Crippen LogP contribution in [0.1, 0.15) is 4.88 Å². The summed E-state index contributed by atoms with van der Waals surface area (Å²) in [6.07, 6.45) is 0. The average molecular weight is 433 g/mol. The number of ether oxygens (including phenoxy) is 1. The Morgan fingerprint density at radius 1 is 1.19 bits per heavy atom. The Kier molecular flexibility index (Phi) is 9.49. The molecule has 0 atom stereocenters. The van der Waals surface area contributed by atoms with Gasteiger partial charge in [-0.05, 0) is 38.2 Å². The molecule has 0 saturated carbocycles. The van der Waals surface area contributed by atoms with Crippen LogP contribution in [0, 0.1) is 6.92 Å². The highest BCUT2D eigenvalue weighted by molar-refractivity contribution is 7.16. The van der Waals surface area contributed by atoms with Crippen molar-refractivity contribution in [1.29, 1.82) is 0 Å². The molecule has 1 aromatic carbocycles. The van der Waals surface area contributed by atoms with Crippen molar-refractivity contribution in [2.24, 2.45) is 0 Å². The maximum absolute atomic E-state index is 12.3. The number of methoxy groups -OCH3 is 1. The molecule has 1 saturated heterocycles. The van der Waals surface area contributed by atoms with Crippen LogP contribution in [-0.2, 0) is 4.79 Å². The zero-order chi connectivity index (χ0) is 17.8. The topological polar surface area (TPSA) is 57.7 Å². The van der Waals surface area contributed by atoms with Gasteiger partial charge in [0.05, 0.1) is 19.3 Å². The van der Waals surface area contributed by atoms with Crippen LogP contribution >= 0.6 is 36.2 Å². The van der Waals surface area contributed by atoms with E-state index >= 15 is 0 Å². The van der Waals surface area contributed by atoms with Gasteiger partial charge in [0.25, 0.3) is 0 Å². The van der Waals surface area contributed by atoms with E-state index in [0.29, 0.717) is 11.7 Å². The lowest BCUT2D eigenvalue weighted by Crippen LogP contribution is -2.47. The predicted octanol–water partition coefficient (Wildman–Crippen LogP) is 3.16. The number of amides is 1. The van der Waals surface area contributed by atoms with Gasteiger partial charge in [-0.25, -0.2) is 4.98 Å². The predicted molar refractivity (Wildman–Crippen MR) is 116 cm³/mol. The molecule has 1 N–H and O–H groups in total. The van der Waals surface area contributed by atoms with E-state index in [9.17, 15) is 4.79 Å². The van der Waals surface area contributed by atoms with Gasteiger partial charge < -0.3 is 15.0 Å². The molecule has 150 valence electrons. The molecular formula is C18H26Cl2N4O2S. The van der Waals surface area contributed by atoms with E-state index in [4.69, 9.17) is 4.74 Å². The summed E-state index contributed by atoms with van der Waals surface area (Å²) in [6, 6.07) is 7.80. The minimum atomic E-state index is -0.000385. The molecule has 3 rings (SSSR count). The molecule has 0 aliphatic carbocycles. The molecule has 27 heavy (non-hydrogen) atoms. The number of carbonyl (C=O) groups is 1. The maximum atomic E-state index is 12.3. The summed E-state index contributed by atoms with van der Waals surface area (Å²) >= 11 is 1.51. The zero-order valence-corrected chi connectivity index (χ0v) is 18.2. The molecule has 0 bridgehead atoms. The molecule has 1 aliphatic rings. The first-order valence-electron chi connectivity index (χ1n) is 8.38. The number of piperazine rings is 1. The summed E-state index contributed by atoms with van der Waals surface area (Å²) in [4.78, 5) is 22.4. The third-order valence-electron chi connectivity index (χ3n) is 4.37. The number of anilines is 1. The lowest BCUT2D eigenvalue weighted by Gasteiger charge is -2.31. The van der Waals surface area contributed by atoms with Crippen molar-refractivity contribution in [2.75, 3.05) is 52.2 Å². The highest BCUT2D eigenvalue weighted by Crippen LogP contribution is 2.31. The Morgan fingerprint density at radius 3 is 2.41 bits per heavy atom. The van der Waals surface area contributed by atoms with Crippen LogP contribution in [0.15, 0.2) is 24.3 Å². The standard InChI is InChI=1S/C18H24N4O2S.2ClH/c1-13-17(14-4-6-15(24-3)7-5-14)20-18(25-13)19-16(23)12-22-10-8-21(2)9-11-22;;/h4-7H,8-12H2,1-3H3,(H,19,20,23);2*1H. The monoisotopic (exact) mass is 432 g/mol. The summed E-state index contributed by atoms with van der Waals surface area (Å²) < 4.78 is 5.19. The van der Waals surface area contributed by atoms with Crippen LogP contribution in [-0.4, -0.2) is 67.6 Å². The highest BCUT2D eigenvalue weighted by Gasteiger charge is 2.18. The van der Waals surface area contributed by atoms with Crippen molar-refractivity contribution in [3.05, 3.63) is 29.1 Å². The van der Waals surface area contributed by atoms with E-state index < -0.39 is 0 Å². The Labute approximate surface area is 176 Å². The summed E-state index contributed by atoms with van der Waals surface area (Å²) in [5, 5.41) is 3.60. The molecule has 1 aromatic heterocycles. The summed E-state index contributed by atoms with van der Waals surface area (Å²) in [6.45, 7) is 6.31. The second-order valence-electron chi connectivity index (χ2n) is 6.28. The highest BCUT2D eigenvalue weighted by atomic mass is 35.5. The number of likely N-dealkylation sites (N-methyl/N-ethyl adjacent to an activating group) is 1. The summed E-state index contributed by atoms with van der Waals surface area (Å²) in [7, 11) is 3.76. The number of halogens is 2. The van der Waals surface area contributed by atoms with Crippen molar-refractivity contribution in [1.82, 2.24) is 14.8 Å². The van der Waals surface area contributed by atoms with Crippen LogP contribution in [0.25, 0.3) is 11.3 Å². The second-order valence-corrected chi connectivity index (χ2v) is 7.48. The number of aryl methyl sites for hydroxylation is 1. The minimum Gasteiger partial charge on any atom is -0.497 e. The van der Waals surface area contributed by atoms with E-state index in [-0.39, 0.29) is 30.7 Å². The van der Waals surface area contributed by atoms with Crippen LogP contribution in [0.5, 0.6) is 5.75 Å². The molecule has 2 heterocycles. The normalized spacial score (nSPS) is 14.8. The van der Waals surface area contributed by atoms with Gasteiger partial charge in [0.15, 0.2) is 5.13 Å². The first-order chi connectivity index (χ1) is 12.0. The molecule has 6 nitrogen and oxygen atoms in total. The van der Waals surface area contributed by atoms with E-state index in [1.165, 1.54) is 11.3 Å². The fourth-order valence-corrected chi connectivity index (χ4v) is 3.69. The zero-order valence-electron chi connectivity index (χ0n) is 15.7. The molecule has 1 amide bonds. The van der Waals surface area contributed by atoms with Crippen molar-refractivity contribution < 1.29 is 9.53 Å². The number of rotatable bonds is 5. The first kappa shape index (κ1) is 23.7. The number of aromatic nitrogens is 1. The molecule has 1 fully saturated rings. The van der Waals surface area contributed by atoms with Crippen LogP contribution in [0.3, 0.4) is 0 Å². The third-order valence-corrected chi connectivity index (χ3v) is 5.26. The van der Waals surface area contributed by atoms with Gasteiger partial charge in [-0.3, -0.25) is 9.69 Å². The minimum absolute atomic E-state index is 0. The van der Waals surface area contributed by atoms with Gasteiger partial charge in [-0.1, -0.05) is 0 Å². The number of benzene rings is 1. The third kappa shape index (κ3) is 6.33.